The van der Waals surface area contributed by atoms with Crippen molar-refractivity contribution in [1.29, 1.82) is 0 Å². The van der Waals surface area contributed by atoms with Crippen molar-refractivity contribution in [1.82, 2.24) is 20.1 Å². The van der Waals surface area contributed by atoms with Gasteiger partial charge in [-0.25, -0.2) is 0 Å². The number of hydrogen-bond donors (Lipinski definition) is 1. The zero-order chi connectivity index (χ0) is 21.8. The molecule has 2 aromatic heterocycles. The molecule has 8 heteroatoms. The van der Waals surface area contributed by atoms with Gasteiger partial charge in [-0.15, -0.1) is 0 Å². The van der Waals surface area contributed by atoms with Crippen LogP contribution in [-0.2, 0) is 19.6 Å². The number of carbonyl (C=O) groups is 1. The minimum atomic E-state index is -3.19. The van der Waals surface area contributed by atoms with Gasteiger partial charge in [-0.3, -0.25) is 14.5 Å². The minimum absolute atomic E-state index is 0.157. The molecule has 31 heavy (non-hydrogen) atoms. The molecule has 0 aliphatic carbocycles. The highest BCUT2D eigenvalue weighted by Gasteiger charge is 2.32. The van der Waals surface area contributed by atoms with E-state index in [2.05, 4.69) is 15.4 Å². The number of halogens is 2. The highest BCUT2D eigenvalue weighted by Crippen LogP contribution is 2.28. The van der Waals surface area contributed by atoms with Crippen LogP contribution in [-0.4, -0.2) is 27.2 Å². The van der Waals surface area contributed by atoms with Crippen molar-refractivity contribution in [3.63, 3.8) is 0 Å². The van der Waals surface area contributed by atoms with Gasteiger partial charge in [0.1, 0.15) is 18.1 Å². The Morgan fingerprint density at radius 2 is 1.87 bits per heavy atom. The summed E-state index contributed by atoms with van der Waals surface area (Å²) < 4.78 is 36.0. The average molecular weight is 422 g/mol. The van der Waals surface area contributed by atoms with E-state index in [9.17, 15) is 13.6 Å². The number of benzene rings is 2. The summed E-state index contributed by atoms with van der Waals surface area (Å²) in [5.74, 6) is -3.31. The number of amides is 1. The van der Waals surface area contributed by atoms with Crippen molar-refractivity contribution in [2.45, 2.75) is 12.5 Å². The summed E-state index contributed by atoms with van der Waals surface area (Å²) in [7, 11) is 1.60. The quantitative estimate of drug-likeness (QED) is 0.488. The number of aryl methyl sites for hydroxylation is 1. The van der Waals surface area contributed by atoms with Gasteiger partial charge in [-0.1, -0.05) is 36.4 Å². The fraction of sp³-hybridized carbons (Fsp3) is 0.174. The van der Waals surface area contributed by atoms with Gasteiger partial charge in [0.2, 0.25) is 0 Å². The second-order valence-electron chi connectivity index (χ2n) is 7.01. The molecule has 2 heterocycles. The SMILES string of the molecule is Cn1nc2ccc(OCc3ccccn3)cc2c1C(=O)NCC(F)(F)c1ccccc1. The number of nitrogens with zero attached hydrogens (tertiary/aromatic N) is 3. The van der Waals surface area contributed by atoms with Gasteiger partial charge in [0.05, 0.1) is 17.8 Å². The van der Waals surface area contributed by atoms with Gasteiger partial charge in [0, 0.05) is 24.2 Å². The number of carbonyl (C=O) groups excluding carboxylic acids is 1. The lowest BCUT2D eigenvalue weighted by molar-refractivity contribution is -0.00255. The van der Waals surface area contributed by atoms with E-state index in [-0.39, 0.29) is 17.9 Å². The molecular weight excluding hydrogens is 402 g/mol. The van der Waals surface area contributed by atoms with Gasteiger partial charge in [-0.2, -0.15) is 13.9 Å². The van der Waals surface area contributed by atoms with Crippen LogP contribution < -0.4 is 10.1 Å². The minimum Gasteiger partial charge on any atom is -0.487 e. The van der Waals surface area contributed by atoms with Crippen molar-refractivity contribution in [2.24, 2.45) is 7.05 Å². The van der Waals surface area contributed by atoms with Crippen molar-refractivity contribution in [3.05, 3.63) is 89.9 Å². The summed E-state index contributed by atoms with van der Waals surface area (Å²) in [6, 6.07) is 18.0. The summed E-state index contributed by atoms with van der Waals surface area (Å²) in [6.07, 6.45) is 1.68. The standard InChI is InChI=1S/C23H20F2N4O2/c1-29-21(22(30)27-15-23(24,25)16-7-3-2-4-8-16)19-13-18(10-11-20(19)28-29)31-14-17-9-5-6-12-26-17/h2-13H,14-15H2,1H3,(H,27,30). The Labute approximate surface area is 177 Å². The number of hydrogen-bond acceptors (Lipinski definition) is 4. The molecule has 0 unspecified atom stereocenters. The summed E-state index contributed by atoms with van der Waals surface area (Å²) >= 11 is 0. The first-order valence-electron chi connectivity index (χ1n) is 9.65. The van der Waals surface area contributed by atoms with E-state index in [1.54, 1.807) is 37.5 Å². The van der Waals surface area contributed by atoms with Gasteiger partial charge in [-0.05, 0) is 30.3 Å². The molecule has 1 amide bonds. The highest BCUT2D eigenvalue weighted by molar-refractivity contribution is 6.05. The fourth-order valence-corrected chi connectivity index (χ4v) is 3.24. The van der Waals surface area contributed by atoms with Crippen LogP contribution in [0.4, 0.5) is 8.78 Å². The van der Waals surface area contributed by atoms with E-state index in [1.807, 2.05) is 18.2 Å². The molecule has 0 aliphatic rings. The van der Waals surface area contributed by atoms with Gasteiger partial charge >= 0.3 is 0 Å². The lowest BCUT2D eigenvalue weighted by Gasteiger charge is -2.17. The Balaban J connectivity index is 1.52. The van der Waals surface area contributed by atoms with Crippen LogP contribution in [0.15, 0.2) is 72.9 Å². The molecular formula is C23H20F2N4O2. The van der Waals surface area contributed by atoms with Crippen molar-refractivity contribution >= 4 is 16.8 Å². The fourth-order valence-electron chi connectivity index (χ4n) is 3.24. The number of rotatable bonds is 7. The Bertz CT molecular complexity index is 1190. The summed E-state index contributed by atoms with van der Waals surface area (Å²) in [5, 5.41) is 7.15. The lowest BCUT2D eigenvalue weighted by atomic mass is 10.1. The van der Waals surface area contributed by atoms with Gasteiger partial charge in [0.15, 0.2) is 0 Å². The summed E-state index contributed by atoms with van der Waals surface area (Å²) in [4.78, 5) is 17.0. The molecule has 0 fully saturated rings. The van der Waals surface area contributed by atoms with Crippen molar-refractivity contribution in [3.8, 4) is 5.75 Å². The molecule has 0 bridgehead atoms. The number of pyridine rings is 1. The maximum absolute atomic E-state index is 14.4. The van der Waals surface area contributed by atoms with Crippen molar-refractivity contribution < 1.29 is 18.3 Å². The molecule has 0 aliphatic heterocycles. The highest BCUT2D eigenvalue weighted by atomic mass is 19.3. The van der Waals surface area contributed by atoms with E-state index >= 15 is 0 Å². The molecule has 0 spiro atoms. The van der Waals surface area contributed by atoms with E-state index in [0.717, 1.165) is 5.69 Å². The third kappa shape index (κ3) is 4.53. The molecule has 158 valence electrons. The Kier molecular flexibility index (Phi) is 5.62. The topological polar surface area (TPSA) is 69.0 Å². The van der Waals surface area contributed by atoms with Crippen LogP contribution in [0.2, 0.25) is 0 Å². The Morgan fingerprint density at radius 1 is 1.10 bits per heavy atom. The van der Waals surface area contributed by atoms with E-state index in [1.165, 1.54) is 28.9 Å². The molecule has 0 saturated carbocycles. The molecule has 4 rings (SSSR count). The van der Waals surface area contributed by atoms with Crippen molar-refractivity contribution in [2.75, 3.05) is 6.54 Å². The lowest BCUT2D eigenvalue weighted by Crippen LogP contribution is -2.35. The van der Waals surface area contributed by atoms with Crippen LogP contribution >= 0.6 is 0 Å². The predicted octanol–water partition coefficient (Wildman–Crippen LogP) is 4.07. The zero-order valence-electron chi connectivity index (χ0n) is 16.8. The van der Waals surface area contributed by atoms with E-state index < -0.39 is 18.4 Å². The number of ether oxygens (including phenoxy) is 1. The monoisotopic (exact) mass is 422 g/mol. The first kappa shape index (κ1) is 20.5. The first-order valence-corrected chi connectivity index (χ1v) is 9.65. The van der Waals surface area contributed by atoms with Gasteiger partial charge < -0.3 is 10.1 Å². The number of nitrogens with one attached hydrogen (secondary N) is 1. The summed E-state index contributed by atoms with van der Waals surface area (Å²) in [6.45, 7) is -0.560. The molecule has 1 N–H and O–H groups in total. The second-order valence-corrected chi connectivity index (χ2v) is 7.01. The third-order valence-corrected chi connectivity index (χ3v) is 4.80. The Morgan fingerprint density at radius 3 is 2.61 bits per heavy atom. The van der Waals surface area contributed by atoms with Crippen LogP contribution in [0.25, 0.3) is 10.9 Å². The molecule has 0 radical (unpaired) electrons. The van der Waals surface area contributed by atoms with Gasteiger partial charge in [0.25, 0.3) is 11.8 Å². The summed E-state index contributed by atoms with van der Waals surface area (Å²) in [5.41, 5.74) is 1.35. The van der Waals surface area contributed by atoms with Crippen LogP contribution in [0.3, 0.4) is 0 Å². The van der Waals surface area contributed by atoms with Crippen LogP contribution in [0.5, 0.6) is 5.75 Å². The predicted molar refractivity (Wildman–Crippen MR) is 112 cm³/mol. The maximum atomic E-state index is 14.4. The normalized spacial score (nSPS) is 11.5. The van der Waals surface area contributed by atoms with E-state index in [0.29, 0.717) is 16.7 Å². The zero-order valence-corrected chi connectivity index (χ0v) is 16.8. The second kappa shape index (κ2) is 8.51. The maximum Gasteiger partial charge on any atom is 0.290 e. The third-order valence-electron chi connectivity index (χ3n) is 4.80. The number of alkyl halides is 2. The van der Waals surface area contributed by atoms with Crippen LogP contribution in [0, 0.1) is 0 Å². The van der Waals surface area contributed by atoms with Crippen LogP contribution in [0.1, 0.15) is 21.7 Å². The molecule has 2 aromatic carbocycles. The molecule has 0 saturated heterocycles. The Hall–Kier alpha value is -3.81. The van der Waals surface area contributed by atoms with E-state index in [4.69, 9.17) is 4.74 Å². The number of fused-ring (bicyclic) bond motifs is 1. The molecule has 4 aromatic rings. The number of aromatic nitrogens is 3. The average Bonchev–Trinajstić information content (AvgIpc) is 3.12. The smallest absolute Gasteiger partial charge is 0.290 e. The largest absolute Gasteiger partial charge is 0.487 e. The molecule has 0 atom stereocenters. The molecule has 6 nitrogen and oxygen atoms in total. The first-order chi connectivity index (χ1) is 14.9.